The van der Waals surface area contributed by atoms with Crippen molar-refractivity contribution >= 4 is 21.8 Å². The van der Waals surface area contributed by atoms with Crippen LogP contribution in [-0.2, 0) is 14.8 Å². The van der Waals surface area contributed by atoms with E-state index in [1.54, 1.807) is 23.9 Å². The Morgan fingerprint density at radius 1 is 1.06 bits per heavy atom. The number of thioether (sulfide) groups is 1. The molecule has 0 spiro atoms. The Labute approximate surface area is 187 Å². The molecule has 0 radical (unpaired) electrons. The van der Waals surface area contributed by atoms with Crippen LogP contribution < -0.4 is 0 Å². The van der Waals surface area contributed by atoms with Crippen LogP contribution in [-0.4, -0.2) is 59.5 Å². The van der Waals surface area contributed by atoms with Crippen molar-refractivity contribution in [2.45, 2.75) is 30.3 Å². The normalized spacial score (nSPS) is 15.3. The monoisotopic (exact) mass is 458 g/mol. The van der Waals surface area contributed by atoms with Crippen LogP contribution in [0.2, 0.25) is 0 Å². The highest BCUT2D eigenvalue weighted by Crippen LogP contribution is 2.32. The van der Waals surface area contributed by atoms with Crippen molar-refractivity contribution in [3.8, 4) is 17.1 Å². The number of ether oxygens (including phenoxy) is 1. The molecule has 3 aromatic rings. The smallest absolute Gasteiger partial charge is 0.243 e. The number of morpholine rings is 1. The molecule has 0 bridgehead atoms. The minimum Gasteiger partial charge on any atom is -0.379 e. The van der Waals surface area contributed by atoms with E-state index in [0.717, 1.165) is 34.1 Å². The lowest BCUT2D eigenvalue weighted by atomic mass is 10.1. The van der Waals surface area contributed by atoms with E-state index < -0.39 is 10.0 Å². The first-order chi connectivity index (χ1) is 15.0. The van der Waals surface area contributed by atoms with Crippen molar-refractivity contribution < 1.29 is 13.2 Å². The topological polar surface area (TPSA) is 77.3 Å². The highest BCUT2D eigenvalue weighted by molar-refractivity contribution is 7.99. The van der Waals surface area contributed by atoms with Crippen LogP contribution in [0.25, 0.3) is 17.1 Å². The lowest BCUT2D eigenvalue weighted by Crippen LogP contribution is -2.40. The number of rotatable bonds is 7. The minimum atomic E-state index is -3.60. The first kappa shape index (κ1) is 22.0. The van der Waals surface area contributed by atoms with Crippen molar-refractivity contribution in [1.82, 2.24) is 19.1 Å². The molecule has 164 valence electrons. The molecule has 2 heterocycles. The zero-order valence-corrected chi connectivity index (χ0v) is 19.3. The second kappa shape index (κ2) is 9.52. The Hall–Kier alpha value is -2.20. The van der Waals surface area contributed by atoms with Crippen molar-refractivity contribution in [2.75, 3.05) is 32.1 Å². The lowest BCUT2D eigenvalue weighted by Gasteiger charge is -2.26. The Kier molecular flexibility index (Phi) is 6.76. The van der Waals surface area contributed by atoms with Gasteiger partial charge in [0.2, 0.25) is 10.0 Å². The van der Waals surface area contributed by atoms with Gasteiger partial charge in [0.15, 0.2) is 11.0 Å². The predicted molar refractivity (Wildman–Crippen MR) is 122 cm³/mol. The molecule has 0 N–H and O–H groups in total. The number of hydrogen-bond acceptors (Lipinski definition) is 6. The quantitative estimate of drug-likeness (QED) is 0.502. The molecule has 1 fully saturated rings. The molecular weight excluding hydrogens is 432 g/mol. The molecule has 2 aromatic carbocycles. The van der Waals surface area contributed by atoms with Crippen molar-refractivity contribution in [3.63, 3.8) is 0 Å². The molecule has 4 rings (SSSR count). The van der Waals surface area contributed by atoms with Gasteiger partial charge < -0.3 is 4.74 Å². The van der Waals surface area contributed by atoms with Gasteiger partial charge in [-0.1, -0.05) is 43.0 Å². The maximum Gasteiger partial charge on any atom is 0.243 e. The van der Waals surface area contributed by atoms with E-state index in [2.05, 4.69) is 17.1 Å². The first-order valence-corrected chi connectivity index (χ1v) is 12.8. The van der Waals surface area contributed by atoms with E-state index in [1.165, 1.54) is 4.31 Å². The van der Waals surface area contributed by atoms with E-state index in [1.807, 2.05) is 47.9 Å². The molecule has 9 heteroatoms. The summed E-state index contributed by atoms with van der Waals surface area (Å²) in [4.78, 5) is 0.264. The van der Waals surface area contributed by atoms with Crippen LogP contribution >= 0.6 is 11.8 Å². The van der Waals surface area contributed by atoms with Gasteiger partial charge in [0.1, 0.15) is 0 Å². The van der Waals surface area contributed by atoms with Gasteiger partial charge in [-0.25, -0.2) is 8.42 Å². The van der Waals surface area contributed by atoms with Gasteiger partial charge in [-0.05, 0) is 43.2 Å². The van der Waals surface area contributed by atoms with Crippen molar-refractivity contribution in [2.24, 2.45) is 0 Å². The van der Waals surface area contributed by atoms with Gasteiger partial charge in [0, 0.05) is 30.1 Å². The molecule has 1 aliphatic rings. The number of para-hydroxylation sites is 1. The van der Waals surface area contributed by atoms with Crippen molar-refractivity contribution in [1.29, 1.82) is 0 Å². The number of aryl methyl sites for hydroxylation is 1. The Balaban J connectivity index is 1.81. The van der Waals surface area contributed by atoms with Crippen LogP contribution in [0.1, 0.15) is 18.9 Å². The highest BCUT2D eigenvalue weighted by atomic mass is 32.2. The standard InChI is InChI=1S/C22H26N4O3S2/c1-3-15-30-22-24-23-21(26(22)18-7-5-4-6-8-18)20-16-19(10-9-17(20)2)31(27,28)25-11-13-29-14-12-25/h4-10,16H,3,11-15H2,1-2H3. The first-order valence-electron chi connectivity index (χ1n) is 10.3. The van der Waals surface area contributed by atoms with E-state index >= 15 is 0 Å². The number of benzene rings is 2. The van der Waals surface area contributed by atoms with Crippen molar-refractivity contribution in [3.05, 3.63) is 54.1 Å². The third-order valence-corrected chi connectivity index (χ3v) is 8.17. The highest BCUT2D eigenvalue weighted by Gasteiger charge is 2.28. The average Bonchev–Trinajstić information content (AvgIpc) is 3.22. The predicted octanol–water partition coefficient (Wildman–Crippen LogP) is 3.77. The van der Waals surface area contributed by atoms with Gasteiger partial charge in [-0.2, -0.15) is 4.31 Å². The molecule has 1 aliphatic heterocycles. The third kappa shape index (κ3) is 4.55. The van der Waals surface area contributed by atoms with Crippen LogP contribution in [0.5, 0.6) is 0 Å². The zero-order valence-electron chi connectivity index (χ0n) is 17.7. The summed E-state index contributed by atoms with van der Waals surface area (Å²) in [5, 5.41) is 9.70. The van der Waals surface area contributed by atoms with Crippen LogP contribution in [0.15, 0.2) is 58.6 Å². The largest absolute Gasteiger partial charge is 0.379 e. The van der Waals surface area contributed by atoms with Crippen LogP contribution in [0.3, 0.4) is 0 Å². The fraction of sp³-hybridized carbons (Fsp3) is 0.364. The fourth-order valence-corrected chi connectivity index (χ4v) is 5.72. The number of hydrogen-bond donors (Lipinski definition) is 0. The van der Waals surface area contributed by atoms with Gasteiger partial charge in [0.05, 0.1) is 18.1 Å². The van der Waals surface area contributed by atoms with Gasteiger partial charge in [-0.15, -0.1) is 10.2 Å². The summed E-state index contributed by atoms with van der Waals surface area (Å²) in [6.07, 6.45) is 1.02. The van der Waals surface area contributed by atoms with Crippen LogP contribution in [0, 0.1) is 6.92 Å². The second-order valence-electron chi connectivity index (χ2n) is 7.32. The third-order valence-electron chi connectivity index (χ3n) is 5.14. The number of nitrogens with zero attached hydrogens (tertiary/aromatic N) is 4. The molecule has 0 saturated carbocycles. The molecule has 1 aromatic heterocycles. The summed E-state index contributed by atoms with van der Waals surface area (Å²) in [5.41, 5.74) is 2.65. The maximum atomic E-state index is 13.2. The molecule has 0 aliphatic carbocycles. The minimum absolute atomic E-state index is 0.264. The Morgan fingerprint density at radius 2 is 1.81 bits per heavy atom. The summed E-state index contributed by atoms with van der Waals surface area (Å²) in [7, 11) is -3.60. The summed E-state index contributed by atoms with van der Waals surface area (Å²) in [6.45, 7) is 5.65. The maximum absolute atomic E-state index is 13.2. The SMILES string of the molecule is CCCSc1nnc(-c2cc(S(=O)(=O)N3CCOCC3)ccc2C)n1-c1ccccc1. The molecule has 1 saturated heterocycles. The average molecular weight is 459 g/mol. The van der Waals surface area contributed by atoms with E-state index in [9.17, 15) is 8.42 Å². The molecule has 0 amide bonds. The molecular formula is C22H26N4O3S2. The molecule has 31 heavy (non-hydrogen) atoms. The van der Waals surface area contributed by atoms with Gasteiger partial charge >= 0.3 is 0 Å². The number of aromatic nitrogens is 3. The molecule has 7 nitrogen and oxygen atoms in total. The van der Waals surface area contributed by atoms with Gasteiger partial charge in [0.25, 0.3) is 0 Å². The van der Waals surface area contributed by atoms with E-state index in [4.69, 9.17) is 4.74 Å². The lowest BCUT2D eigenvalue weighted by molar-refractivity contribution is 0.0730. The summed E-state index contributed by atoms with van der Waals surface area (Å²) in [6, 6.07) is 15.1. The zero-order chi connectivity index (χ0) is 21.8. The summed E-state index contributed by atoms with van der Waals surface area (Å²) < 4.78 is 35.2. The molecule has 0 atom stereocenters. The Morgan fingerprint density at radius 3 is 2.52 bits per heavy atom. The fourth-order valence-electron chi connectivity index (χ4n) is 3.48. The van der Waals surface area contributed by atoms with E-state index in [0.29, 0.717) is 32.1 Å². The van der Waals surface area contributed by atoms with Crippen LogP contribution in [0.4, 0.5) is 0 Å². The summed E-state index contributed by atoms with van der Waals surface area (Å²) >= 11 is 1.64. The number of sulfonamides is 1. The summed E-state index contributed by atoms with van der Waals surface area (Å²) in [5.74, 6) is 1.57. The molecule has 0 unspecified atom stereocenters. The van der Waals surface area contributed by atoms with Gasteiger partial charge in [-0.3, -0.25) is 4.57 Å². The second-order valence-corrected chi connectivity index (χ2v) is 10.3. The Bertz CT molecular complexity index is 1140. The van der Waals surface area contributed by atoms with E-state index in [-0.39, 0.29) is 4.90 Å².